The SMILES string of the molecule is NNC(Cc1ccc(F)c(F)c1)c1cc(Cl)ccc1Cl. The highest BCUT2D eigenvalue weighted by Gasteiger charge is 2.15. The van der Waals surface area contributed by atoms with Gasteiger partial charge in [0.25, 0.3) is 0 Å². The lowest BCUT2D eigenvalue weighted by Gasteiger charge is -2.18. The van der Waals surface area contributed by atoms with E-state index in [4.69, 9.17) is 29.0 Å². The van der Waals surface area contributed by atoms with Crippen molar-refractivity contribution < 1.29 is 8.78 Å². The number of halogens is 4. The highest BCUT2D eigenvalue weighted by molar-refractivity contribution is 6.33. The van der Waals surface area contributed by atoms with E-state index in [9.17, 15) is 8.78 Å². The predicted octanol–water partition coefficient (Wildman–Crippen LogP) is 4.02. The van der Waals surface area contributed by atoms with Crippen LogP contribution in [0.2, 0.25) is 10.0 Å². The molecule has 0 aromatic heterocycles. The molecule has 0 aliphatic carbocycles. The van der Waals surface area contributed by atoms with Crippen molar-refractivity contribution >= 4 is 23.2 Å². The van der Waals surface area contributed by atoms with Crippen LogP contribution in [0, 0.1) is 11.6 Å². The molecule has 0 amide bonds. The molecule has 0 fully saturated rings. The average Bonchev–Trinajstić information content (AvgIpc) is 2.43. The van der Waals surface area contributed by atoms with Crippen molar-refractivity contribution in [3.8, 4) is 0 Å². The van der Waals surface area contributed by atoms with Gasteiger partial charge in [-0.05, 0) is 47.9 Å². The molecule has 0 aliphatic rings. The van der Waals surface area contributed by atoms with Gasteiger partial charge in [-0.2, -0.15) is 0 Å². The Morgan fingerprint density at radius 1 is 1.05 bits per heavy atom. The maximum absolute atomic E-state index is 13.2. The number of rotatable bonds is 4. The first-order valence-corrected chi connectivity index (χ1v) is 6.62. The van der Waals surface area contributed by atoms with E-state index in [0.29, 0.717) is 27.6 Å². The molecule has 2 nitrogen and oxygen atoms in total. The molecule has 0 spiro atoms. The van der Waals surface area contributed by atoms with Crippen LogP contribution in [0.3, 0.4) is 0 Å². The summed E-state index contributed by atoms with van der Waals surface area (Å²) in [6, 6.07) is 8.38. The minimum atomic E-state index is -0.893. The summed E-state index contributed by atoms with van der Waals surface area (Å²) in [5.41, 5.74) is 3.91. The largest absolute Gasteiger partial charge is 0.271 e. The van der Waals surface area contributed by atoms with Gasteiger partial charge in [0.1, 0.15) is 0 Å². The molecule has 0 saturated carbocycles. The van der Waals surface area contributed by atoms with Gasteiger partial charge in [0, 0.05) is 10.0 Å². The molecule has 20 heavy (non-hydrogen) atoms. The zero-order valence-corrected chi connectivity index (χ0v) is 11.8. The third kappa shape index (κ3) is 3.46. The molecule has 2 aromatic carbocycles. The van der Waals surface area contributed by atoms with Crippen LogP contribution in [0.25, 0.3) is 0 Å². The Balaban J connectivity index is 2.28. The van der Waals surface area contributed by atoms with Gasteiger partial charge in [-0.15, -0.1) is 0 Å². The van der Waals surface area contributed by atoms with E-state index in [1.807, 2.05) is 0 Å². The zero-order valence-electron chi connectivity index (χ0n) is 10.3. The van der Waals surface area contributed by atoms with Crippen LogP contribution < -0.4 is 11.3 Å². The maximum Gasteiger partial charge on any atom is 0.159 e. The van der Waals surface area contributed by atoms with Crippen LogP contribution in [0.15, 0.2) is 36.4 Å². The van der Waals surface area contributed by atoms with Gasteiger partial charge in [-0.3, -0.25) is 11.3 Å². The number of nitrogens with two attached hydrogens (primary N) is 1. The lowest BCUT2D eigenvalue weighted by Crippen LogP contribution is -2.29. The van der Waals surface area contributed by atoms with E-state index >= 15 is 0 Å². The normalized spacial score (nSPS) is 12.4. The van der Waals surface area contributed by atoms with Crippen LogP contribution in [0.4, 0.5) is 8.78 Å². The van der Waals surface area contributed by atoms with Crippen molar-refractivity contribution in [1.29, 1.82) is 0 Å². The third-order valence-corrected chi connectivity index (χ3v) is 3.54. The fourth-order valence-corrected chi connectivity index (χ4v) is 2.37. The number of nitrogens with one attached hydrogen (secondary N) is 1. The molecule has 0 bridgehead atoms. The molecule has 0 heterocycles. The average molecular weight is 317 g/mol. The minimum Gasteiger partial charge on any atom is -0.271 e. The van der Waals surface area contributed by atoms with Gasteiger partial charge in [0.15, 0.2) is 11.6 Å². The van der Waals surface area contributed by atoms with Crippen LogP contribution in [-0.2, 0) is 6.42 Å². The van der Waals surface area contributed by atoms with Gasteiger partial charge in [-0.25, -0.2) is 8.78 Å². The van der Waals surface area contributed by atoms with Gasteiger partial charge in [0.2, 0.25) is 0 Å². The highest BCUT2D eigenvalue weighted by Crippen LogP contribution is 2.28. The number of hydrazine groups is 1. The molecular weight excluding hydrogens is 305 g/mol. The van der Waals surface area contributed by atoms with Gasteiger partial charge < -0.3 is 0 Å². The van der Waals surface area contributed by atoms with Crippen molar-refractivity contribution in [2.24, 2.45) is 5.84 Å². The third-order valence-electron chi connectivity index (χ3n) is 2.96. The Morgan fingerprint density at radius 2 is 1.80 bits per heavy atom. The summed E-state index contributed by atoms with van der Waals surface area (Å²) in [7, 11) is 0. The standard InChI is InChI=1S/C14H12Cl2F2N2/c15-9-2-3-11(16)10(7-9)14(20-19)6-8-1-4-12(17)13(18)5-8/h1-5,7,14,20H,6,19H2. The molecule has 2 aromatic rings. The quantitative estimate of drug-likeness (QED) is 0.660. The van der Waals surface area contributed by atoms with Gasteiger partial charge >= 0.3 is 0 Å². The predicted molar refractivity (Wildman–Crippen MR) is 76.6 cm³/mol. The summed E-state index contributed by atoms with van der Waals surface area (Å²) in [5.74, 6) is 3.74. The topological polar surface area (TPSA) is 38.0 Å². The summed E-state index contributed by atoms with van der Waals surface area (Å²) < 4.78 is 26.1. The summed E-state index contributed by atoms with van der Waals surface area (Å²) in [5, 5.41) is 1.02. The summed E-state index contributed by atoms with van der Waals surface area (Å²) >= 11 is 12.0. The van der Waals surface area contributed by atoms with Crippen molar-refractivity contribution in [3.05, 3.63) is 69.2 Å². The lowest BCUT2D eigenvalue weighted by molar-refractivity contribution is 0.502. The number of hydrogen-bond acceptors (Lipinski definition) is 2. The molecule has 3 N–H and O–H groups in total. The Hall–Kier alpha value is -1.20. The fourth-order valence-electron chi connectivity index (χ4n) is 1.94. The molecular formula is C14H12Cl2F2N2. The first kappa shape index (κ1) is 15.2. The van der Waals surface area contributed by atoms with Crippen molar-refractivity contribution in [2.75, 3.05) is 0 Å². The second-order valence-corrected chi connectivity index (χ2v) is 5.18. The van der Waals surface area contributed by atoms with Crippen LogP contribution in [0.1, 0.15) is 17.2 Å². The molecule has 6 heteroatoms. The molecule has 0 aliphatic heterocycles. The van der Waals surface area contributed by atoms with Crippen LogP contribution >= 0.6 is 23.2 Å². The summed E-state index contributed by atoms with van der Waals surface area (Å²) in [6.45, 7) is 0. The van der Waals surface area contributed by atoms with Gasteiger partial charge in [-0.1, -0.05) is 29.3 Å². The summed E-state index contributed by atoms with van der Waals surface area (Å²) in [6.07, 6.45) is 0.355. The molecule has 1 atom stereocenters. The van der Waals surface area contributed by atoms with E-state index in [-0.39, 0.29) is 6.04 Å². The minimum absolute atomic E-state index is 0.355. The van der Waals surface area contributed by atoms with Gasteiger partial charge in [0.05, 0.1) is 6.04 Å². The monoisotopic (exact) mass is 316 g/mol. The number of hydrogen-bond donors (Lipinski definition) is 2. The zero-order chi connectivity index (χ0) is 14.7. The second-order valence-electron chi connectivity index (χ2n) is 4.34. The van der Waals surface area contributed by atoms with E-state index in [2.05, 4.69) is 5.43 Å². The van der Waals surface area contributed by atoms with E-state index in [0.717, 1.165) is 12.1 Å². The fraction of sp³-hybridized carbons (Fsp3) is 0.143. The van der Waals surface area contributed by atoms with E-state index in [1.165, 1.54) is 6.07 Å². The lowest BCUT2D eigenvalue weighted by atomic mass is 9.99. The molecule has 0 radical (unpaired) electrons. The van der Waals surface area contributed by atoms with Crippen LogP contribution in [0.5, 0.6) is 0 Å². The molecule has 2 rings (SSSR count). The molecule has 1 unspecified atom stereocenters. The second kappa shape index (κ2) is 6.50. The Morgan fingerprint density at radius 3 is 2.45 bits per heavy atom. The number of benzene rings is 2. The van der Waals surface area contributed by atoms with Crippen molar-refractivity contribution in [2.45, 2.75) is 12.5 Å². The smallest absolute Gasteiger partial charge is 0.159 e. The summed E-state index contributed by atoms with van der Waals surface area (Å²) in [4.78, 5) is 0. The Kier molecular flexibility index (Phi) is 4.94. The first-order valence-electron chi connectivity index (χ1n) is 5.86. The van der Waals surface area contributed by atoms with Crippen LogP contribution in [-0.4, -0.2) is 0 Å². The van der Waals surface area contributed by atoms with E-state index in [1.54, 1.807) is 18.2 Å². The van der Waals surface area contributed by atoms with E-state index < -0.39 is 11.6 Å². The Bertz CT molecular complexity index is 620. The maximum atomic E-state index is 13.2. The Labute approximate surface area is 125 Å². The van der Waals surface area contributed by atoms with Crippen molar-refractivity contribution in [1.82, 2.24) is 5.43 Å². The highest BCUT2D eigenvalue weighted by atomic mass is 35.5. The van der Waals surface area contributed by atoms with Crippen molar-refractivity contribution in [3.63, 3.8) is 0 Å². The molecule has 0 saturated heterocycles. The first-order chi connectivity index (χ1) is 9.51. The molecule has 106 valence electrons.